The Balaban J connectivity index is 2.57. The lowest BCUT2D eigenvalue weighted by atomic mass is 9.97. The Kier molecular flexibility index (Phi) is 3.56. The van der Waals surface area contributed by atoms with Crippen LogP contribution in [0.4, 0.5) is 11.5 Å². The Bertz CT molecular complexity index is 296. The quantitative estimate of drug-likeness (QED) is 0.825. The summed E-state index contributed by atoms with van der Waals surface area (Å²) >= 11 is 0. The minimum Gasteiger partial charge on any atom is -0.376 e. The van der Waals surface area contributed by atoms with Gasteiger partial charge in [0.1, 0.15) is 5.82 Å². The van der Waals surface area contributed by atoms with E-state index in [4.69, 9.17) is 0 Å². The molecule has 0 aromatic carbocycles. The lowest BCUT2D eigenvalue weighted by Crippen LogP contribution is -2.19. The van der Waals surface area contributed by atoms with E-state index in [1.807, 2.05) is 31.3 Å². The van der Waals surface area contributed by atoms with Crippen molar-refractivity contribution in [2.24, 2.45) is 5.41 Å². The van der Waals surface area contributed by atoms with E-state index in [0.717, 1.165) is 18.1 Å². The first-order chi connectivity index (χ1) is 6.88. The highest BCUT2D eigenvalue weighted by molar-refractivity contribution is 5.48. The van der Waals surface area contributed by atoms with E-state index in [9.17, 15) is 0 Å². The number of hydrogen-bond donors (Lipinski definition) is 1. The zero-order valence-electron chi connectivity index (χ0n) is 10.3. The zero-order chi connectivity index (χ0) is 11.5. The number of pyridine rings is 1. The van der Waals surface area contributed by atoms with Gasteiger partial charge in [-0.3, -0.25) is 0 Å². The van der Waals surface area contributed by atoms with Crippen molar-refractivity contribution in [1.82, 2.24) is 4.98 Å². The van der Waals surface area contributed by atoms with Crippen molar-refractivity contribution in [3.05, 3.63) is 18.3 Å². The Morgan fingerprint density at radius 1 is 1.27 bits per heavy atom. The van der Waals surface area contributed by atoms with Crippen molar-refractivity contribution in [1.29, 1.82) is 0 Å². The zero-order valence-corrected chi connectivity index (χ0v) is 10.3. The summed E-state index contributed by atoms with van der Waals surface area (Å²) in [5, 5.41) is 3.32. The molecule has 0 aliphatic rings. The van der Waals surface area contributed by atoms with E-state index >= 15 is 0 Å². The lowest BCUT2D eigenvalue weighted by Gasteiger charge is -2.19. The van der Waals surface area contributed by atoms with Crippen LogP contribution in [0.1, 0.15) is 20.8 Å². The first kappa shape index (κ1) is 11.8. The summed E-state index contributed by atoms with van der Waals surface area (Å²) in [6, 6.07) is 4.08. The molecule has 1 rings (SSSR count). The molecule has 1 aromatic rings. The molecule has 0 aliphatic heterocycles. The number of aromatic nitrogens is 1. The fraction of sp³-hybridized carbons (Fsp3) is 0.583. The second-order valence-electron chi connectivity index (χ2n) is 5.21. The predicted molar refractivity (Wildman–Crippen MR) is 66.5 cm³/mol. The molecule has 3 heteroatoms. The first-order valence-electron chi connectivity index (χ1n) is 5.26. The highest BCUT2D eigenvalue weighted by atomic mass is 15.1. The Morgan fingerprint density at radius 3 is 2.33 bits per heavy atom. The molecule has 0 atom stereocenters. The monoisotopic (exact) mass is 207 g/mol. The maximum atomic E-state index is 4.35. The van der Waals surface area contributed by atoms with Crippen LogP contribution < -0.4 is 10.2 Å². The molecule has 15 heavy (non-hydrogen) atoms. The van der Waals surface area contributed by atoms with Crippen LogP contribution in [0.25, 0.3) is 0 Å². The standard InChI is InChI=1S/C12H21N3/c1-12(2,3)9-14-11-7-6-10(8-13-11)15(4)5/h6-8H,9H2,1-5H3,(H,13,14). The summed E-state index contributed by atoms with van der Waals surface area (Å²) in [6.07, 6.45) is 1.88. The smallest absolute Gasteiger partial charge is 0.126 e. The van der Waals surface area contributed by atoms with Gasteiger partial charge in [-0.25, -0.2) is 4.98 Å². The number of nitrogens with zero attached hydrogens (tertiary/aromatic N) is 2. The van der Waals surface area contributed by atoms with Gasteiger partial charge in [-0.05, 0) is 17.5 Å². The van der Waals surface area contributed by atoms with Crippen LogP contribution in [-0.2, 0) is 0 Å². The van der Waals surface area contributed by atoms with Crippen LogP contribution in [0, 0.1) is 5.41 Å². The van der Waals surface area contributed by atoms with Crippen LogP contribution in [0.3, 0.4) is 0 Å². The summed E-state index contributed by atoms with van der Waals surface area (Å²) in [5.74, 6) is 0.940. The number of anilines is 2. The van der Waals surface area contributed by atoms with Gasteiger partial charge in [-0.1, -0.05) is 20.8 Å². The third kappa shape index (κ3) is 4.19. The largest absolute Gasteiger partial charge is 0.376 e. The SMILES string of the molecule is CN(C)c1ccc(NCC(C)(C)C)nc1. The molecule has 0 bridgehead atoms. The number of nitrogens with one attached hydrogen (secondary N) is 1. The maximum absolute atomic E-state index is 4.35. The van der Waals surface area contributed by atoms with Gasteiger partial charge in [0.25, 0.3) is 0 Å². The topological polar surface area (TPSA) is 28.2 Å². The summed E-state index contributed by atoms with van der Waals surface area (Å²) in [4.78, 5) is 6.39. The fourth-order valence-electron chi connectivity index (χ4n) is 1.11. The average Bonchev–Trinajstić information content (AvgIpc) is 2.14. The van der Waals surface area contributed by atoms with E-state index in [1.54, 1.807) is 0 Å². The van der Waals surface area contributed by atoms with Crippen molar-refractivity contribution in [3.8, 4) is 0 Å². The molecule has 0 spiro atoms. The Morgan fingerprint density at radius 2 is 1.93 bits per heavy atom. The third-order valence-electron chi connectivity index (χ3n) is 2.06. The average molecular weight is 207 g/mol. The van der Waals surface area contributed by atoms with E-state index in [1.165, 1.54) is 0 Å². The molecule has 0 fully saturated rings. The van der Waals surface area contributed by atoms with E-state index in [-0.39, 0.29) is 5.41 Å². The molecular weight excluding hydrogens is 186 g/mol. The van der Waals surface area contributed by atoms with E-state index < -0.39 is 0 Å². The maximum Gasteiger partial charge on any atom is 0.126 e. The van der Waals surface area contributed by atoms with Crippen molar-refractivity contribution < 1.29 is 0 Å². The molecule has 0 saturated carbocycles. The predicted octanol–water partition coefficient (Wildman–Crippen LogP) is 2.61. The molecule has 1 aromatic heterocycles. The van der Waals surface area contributed by atoms with Gasteiger partial charge >= 0.3 is 0 Å². The second kappa shape index (κ2) is 4.51. The third-order valence-corrected chi connectivity index (χ3v) is 2.06. The van der Waals surface area contributed by atoms with Gasteiger partial charge in [-0.15, -0.1) is 0 Å². The van der Waals surface area contributed by atoms with Gasteiger partial charge in [0.2, 0.25) is 0 Å². The molecule has 0 amide bonds. The van der Waals surface area contributed by atoms with Crippen LogP contribution >= 0.6 is 0 Å². The summed E-state index contributed by atoms with van der Waals surface area (Å²) in [5.41, 5.74) is 1.40. The first-order valence-corrected chi connectivity index (χ1v) is 5.26. The minimum absolute atomic E-state index is 0.280. The summed E-state index contributed by atoms with van der Waals surface area (Å²) in [7, 11) is 4.03. The molecule has 84 valence electrons. The molecule has 3 nitrogen and oxygen atoms in total. The summed E-state index contributed by atoms with van der Waals surface area (Å²) in [6.45, 7) is 7.54. The fourth-order valence-corrected chi connectivity index (χ4v) is 1.11. The minimum atomic E-state index is 0.280. The second-order valence-corrected chi connectivity index (χ2v) is 5.21. The molecule has 0 saturated heterocycles. The van der Waals surface area contributed by atoms with E-state index in [0.29, 0.717) is 0 Å². The Hall–Kier alpha value is -1.25. The highest BCUT2D eigenvalue weighted by Crippen LogP contribution is 2.16. The molecular formula is C12H21N3. The van der Waals surface area contributed by atoms with Crippen LogP contribution in [0.15, 0.2) is 18.3 Å². The van der Waals surface area contributed by atoms with Crippen molar-refractivity contribution in [2.75, 3.05) is 30.9 Å². The normalized spacial score (nSPS) is 11.3. The molecule has 1 N–H and O–H groups in total. The van der Waals surface area contributed by atoms with Gasteiger partial charge in [0.05, 0.1) is 11.9 Å². The van der Waals surface area contributed by atoms with Gasteiger partial charge in [0.15, 0.2) is 0 Å². The highest BCUT2D eigenvalue weighted by Gasteiger charge is 2.09. The molecule has 1 heterocycles. The Labute approximate surface area is 92.5 Å². The van der Waals surface area contributed by atoms with Crippen molar-refractivity contribution >= 4 is 11.5 Å². The summed E-state index contributed by atoms with van der Waals surface area (Å²) < 4.78 is 0. The van der Waals surface area contributed by atoms with Crippen molar-refractivity contribution in [2.45, 2.75) is 20.8 Å². The number of hydrogen-bond acceptors (Lipinski definition) is 3. The lowest BCUT2D eigenvalue weighted by molar-refractivity contribution is 0.442. The van der Waals surface area contributed by atoms with E-state index in [2.05, 4.69) is 37.1 Å². The van der Waals surface area contributed by atoms with Crippen molar-refractivity contribution in [3.63, 3.8) is 0 Å². The van der Waals surface area contributed by atoms with Gasteiger partial charge in [0, 0.05) is 20.6 Å². The molecule has 0 aliphatic carbocycles. The van der Waals surface area contributed by atoms with Crippen LogP contribution in [-0.4, -0.2) is 25.6 Å². The molecule has 0 unspecified atom stereocenters. The number of rotatable bonds is 3. The van der Waals surface area contributed by atoms with Crippen LogP contribution in [0.5, 0.6) is 0 Å². The molecule has 0 radical (unpaired) electrons. The van der Waals surface area contributed by atoms with Gasteiger partial charge < -0.3 is 10.2 Å². The van der Waals surface area contributed by atoms with Crippen LogP contribution in [0.2, 0.25) is 0 Å². The van der Waals surface area contributed by atoms with Gasteiger partial charge in [-0.2, -0.15) is 0 Å².